The molecule has 1 amide bonds. The molecule has 2 aliphatic rings. The number of benzene rings is 1. The summed E-state index contributed by atoms with van der Waals surface area (Å²) < 4.78 is 11.6. The monoisotopic (exact) mass is 462 g/mol. The minimum absolute atomic E-state index is 0.0659. The molecule has 7 nitrogen and oxygen atoms in total. The van der Waals surface area contributed by atoms with Gasteiger partial charge in [0.1, 0.15) is 11.2 Å². The molecular weight excluding hydrogens is 436 g/mol. The Labute approximate surface area is 189 Å². The van der Waals surface area contributed by atoms with Crippen molar-refractivity contribution >= 4 is 40.0 Å². The molecule has 1 aromatic heterocycles. The molecule has 2 unspecified atom stereocenters. The second-order valence-corrected chi connectivity index (χ2v) is 9.71. The van der Waals surface area contributed by atoms with Crippen LogP contribution in [0.2, 0.25) is 0 Å². The first-order valence-electron chi connectivity index (χ1n) is 10.4. The number of rotatable bonds is 8. The van der Waals surface area contributed by atoms with Crippen molar-refractivity contribution in [1.82, 2.24) is 5.32 Å². The Balaban J connectivity index is 1.34. The van der Waals surface area contributed by atoms with E-state index in [1.807, 2.05) is 30.3 Å². The van der Waals surface area contributed by atoms with Crippen molar-refractivity contribution in [2.45, 2.75) is 49.5 Å². The maximum atomic E-state index is 12.2. The van der Waals surface area contributed by atoms with Gasteiger partial charge in [-0.3, -0.25) is 4.79 Å². The zero-order valence-corrected chi connectivity index (χ0v) is 18.7. The minimum atomic E-state index is -0.945. The van der Waals surface area contributed by atoms with Crippen LogP contribution in [-0.2, 0) is 27.3 Å². The van der Waals surface area contributed by atoms with Gasteiger partial charge in [0, 0.05) is 29.3 Å². The first-order chi connectivity index (χ1) is 15.1. The lowest BCUT2D eigenvalue weighted by Crippen LogP contribution is -2.37. The van der Waals surface area contributed by atoms with Crippen LogP contribution in [0.15, 0.2) is 35.2 Å². The number of ether oxygens (including phenoxy) is 2. The van der Waals surface area contributed by atoms with Gasteiger partial charge in [0.05, 0.1) is 24.0 Å². The number of thiophene rings is 1. The lowest BCUT2D eigenvalue weighted by Gasteiger charge is -2.24. The Morgan fingerprint density at radius 3 is 2.77 bits per heavy atom. The highest BCUT2D eigenvalue weighted by molar-refractivity contribution is 8.00. The second kappa shape index (κ2) is 10.5. The first kappa shape index (κ1) is 22.1. The molecule has 9 heteroatoms. The third kappa shape index (κ3) is 5.79. The van der Waals surface area contributed by atoms with Crippen LogP contribution in [0.5, 0.6) is 0 Å². The van der Waals surface area contributed by atoms with Crippen molar-refractivity contribution < 1.29 is 24.2 Å². The highest BCUT2D eigenvalue weighted by Crippen LogP contribution is 2.38. The van der Waals surface area contributed by atoms with E-state index in [1.165, 1.54) is 23.1 Å². The van der Waals surface area contributed by atoms with Gasteiger partial charge in [0.25, 0.3) is 0 Å². The molecule has 2 atom stereocenters. The SMILES string of the molecule is O=C(CSc1ccccc1)NCC1Cc2c(sc(NC3CCCCO3)c2C(=O)O)CO1. The van der Waals surface area contributed by atoms with Gasteiger partial charge in [-0.05, 0) is 37.0 Å². The molecule has 1 saturated heterocycles. The second-order valence-electron chi connectivity index (χ2n) is 7.56. The fourth-order valence-corrected chi connectivity index (χ4v) is 5.66. The highest BCUT2D eigenvalue weighted by Gasteiger charge is 2.31. The average molecular weight is 463 g/mol. The topological polar surface area (TPSA) is 96.9 Å². The van der Waals surface area contributed by atoms with Gasteiger partial charge in [-0.15, -0.1) is 23.1 Å². The van der Waals surface area contributed by atoms with Crippen molar-refractivity contribution in [2.24, 2.45) is 0 Å². The summed E-state index contributed by atoms with van der Waals surface area (Å²) in [7, 11) is 0. The molecule has 3 N–H and O–H groups in total. The molecule has 1 aromatic carbocycles. The number of carbonyl (C=O) groups excluding carboxylic acids is 1. The van der Waals surface area contributed by atoms with Gasteiger partial charge in [-0.1, -0.05) is 18.2 Å². The number of anilines is 1. The maximum absolute atomic E-state index is 12.2. The van der Waals surface area contributed by atoms with Crippen molar-refractivity contribution in [2.75, 3.05) is 24.2 Å². The number of amides is 1. The smallest absolute Gasteiger partial charge is 0.338 e. The molecule has 3 heterocycles. The van der Waals surface area contributed by atoms with Crippen LogP contribution in [0.4, 0.5) is 5.00 Å². The zero-order chi connectivity index (χ0) is 21.6. The van der Waals surface area contributed by atoms with E-state index < -0.39 is 5.97 Å². The standard InChI is InChI=1S/C22H26N2O5S2/c25-18(13-30-15-6-2-1-3-7-15)23-11-14-10-16-17(12-29-14)31-21(20(16)22(26)27)24-19-8-4-5-9-28-19/h1-3,6-7,14,19,24H,4-5,8-13H2,(H,23,25)(H,26,27). The number of thioether (sulfide) groups is 1. The van der Waals surface area contributed by atoms with Gasteiger partial charge >= 0.3 is 5.97 Å². The molecular formula is C22H26N2O5S2. The van der Waals surface area contributed by atoms with Gasteiger partial charge in [-0.2, -0.15) is 0 Å². The van der Waals surface area contributed by atoms with Crippen LogP contribution in [0.3, 0.4) is 0 Å². The number of hydrogen-bond acceptors (Lipinski definition) is 7. The third-order valence-corrected chi connectivity index (χ3v) is 7.45. The summed E-state index contributed by atoms with van der Waals surface area (Å²) in [5.74, 6) is -0.681. The Morgan fingerprint density at radius 2 is 2.03 bits per heavy atom. The summed E-state index contributed by atoms with van der Waals surface area (Å²) in [6.07, 6.45) is 3.05. The molecule has 0 aliphatic carbocycles. The molecule has 1 fully saturated rings. The normalized spacial score (nSPS) is 20.6. The Bertz CT molecular complexity index is 912. The molecule has 166 valence electrons. The van der Waals surface area contributed by atoms with Crippen LogP contribution in [-0.4, -0.2) is 48.2 Å². The van der Waals surface area contributed by atoms with Crippen molar-refractivity contribution in [3.05, 3.63) is 46.3 Å². The van der Waals surface area contributed by atoms with E-state index in [0.717, 1.165) is 34.6 Å². The molecule has 0 bridgehead atoms. The number of aromatic carboxylic acids is 1. The fourth-order valence-electron chi connectivity index (χ4n) is 3.73. The van der Waals surface area contributed by atoms with E-state index >= 15 is 0 Å². The van der Waals surface area contributed by atoms with Gasteiger partial charge in [0.2, 0.25) is 5.91 Å². The van der Waals surface area contributed by atoms with E-state index in [1.54, 1.807) is 0 Å². The molecule has 4 rings (SSSR count). The Kier molecular flexibility index (Phi) is 7.49. The lowest BCUT2D eigenvalue weighted by molar-refractivity contribution is -0.119. The van der Waals surface area contributed by atoms with Crippen LogP contribution < -0.4 is 10.6 Å². The predicted octanol–water partition coefficient (Wildman–Crippen LogP) is 3.73. The molecule has 2 aromatic rings. The summed E-state index contributed by atoms with van der Waals surface area (Å²) in [4.78, 5) is 26.2. The van der Waals surface area contributed by atoms with E-state index in [2.05, 4.69) is 10.6 Å². The third-order valence-electron chi connectivity index (χ3n) is 5.30. The fraction of sp³-hybridized carbons (Fsp3) is 0.455. The maximum Gasteiger partial charge on any atom is 0.338 e. The number of carboxylic acids is 1. The van der Waals surface area contributed by atoms with E-state index in [9.17, 15) is 14.7 Å². The average Bonchev–Trinajstić information content (AvgIpc) is 3.15. The van der Waals surface area contributed by atoms with Crippen LogP contribution in [0.1, 0.15) is 40.1 Å². The quantitative estimate of drug-likeness (QED) is 0.514. The van der Waals surface area contributed by atoms with Crippen molar-refractivity contribution in [3.63, 3.8) is 0 Å². The molecule has 0 saturated carbocycles. The van der Waals surface area contributed by atoms with Crippen molar-refractivity contribution in [3.8, 4) is 0 Å². The summed E-state index contributed by atoms with van der Waals surface area (Å²) in [6, 6.07) is 9.77. The Morgan fingerprint density at radius 1 is 1.19 bits per heavy atom. The number of hydrogen-bond donors (Lipinski definition) is 3. The molecule has 2 aliphatic heterocycles. The zero-order valence-electron chi connectivity index (χ0n) is 17.1. The van der Waals surface area contributed by atoms with E-state index in [-0.39, 0.29) is 18.2 Å². The summed E-state index contributed by atoms with van der Waals surface area (Å²) in [6.45, 7) is 1.41. The van der Waals surface area contributed by atoms with Gasteiger partial charge in [-0.25, -0.2) is 4.79 Å². The summed E-state index contributed by atoms with van der Waals surface area (Å²) in [5, 5.41) is 16.7. The Hall–Kier alpha value is -2.07. The summed E-state index contributed by atoms with van der Waals surface area (Å²) in [5.41, 5.74) is 1.12. The van der Waals surface area contributed by atoms with Gasteiger partial charge in [0.15, 0.2) is 0 Å². The predicted molar refractivity (Wildman–Crippen MR) is 121 cm³/mol. The minimum Gasteiger partial charge on any atom is -0.478 e. The molecule has 31 heavy (non-hydrogen) atoms. The number of carboxylic acid groups (broad SMARTS) is 1. The molecule has 0 spiro atoms. The lowest BCUT2D eigenvalue weighted by atomic mass is 10.0. The van der Waals surface area contributed by atoms with Crippen LogP contribution in [0.25, 0.3) is 0 Å². The number of carbonyl (C=O) groups is 2. The highest BCUT2D eigenvalue weighted by atomic mass is 32.2. The largest absolute Gasteiger partial charge is 0.478 e. The van der Waals surface area contributed by atoms with Crippen molar-refractivity contribution in [1.29, 1.82) is 0 Å². The first-order valence-corrected chi connectivity index (χ1v) is 12.2. The summed E-state index contributed by atoms with van der Waals surface area (Å²) >= 11 is 2.91. The van der Waals surface area contributed by atoms with Crippen LogP contribution >= 0.6 is 23.1 Å². The number of nitrogens with one attached hydrogen (secondary N) is 2. The van der Waals surface area contributed by atoms with E-state index in [0.29, 0.717) is 42.5 Å². The molecule has 0 radical (unpaired) electrons. The van der Waals surface area contributed by atoms with E-state index in [4.69, 9.17) is 9.47 Å². The van der Waals surface area contributed by atoms with Gasteiger partial charge < -0.3 is 25.2 Å². The van der Waals surface area contributed by atoms with Crippen LogP contribution in [0, 0.1) is 0 Å². The number of fused-ring (bicyclic) bond motifs is 1.